The topological polar surface area (TPSA) is 64.3 Å². The van der Waals surface area contributed by atoms with Gasteiger partial charge in [-0.25, -0.2) is 0 Å². The number of nitrogens with one attached hydrogen (secondary N) is 1. The summed E-state index contributed by atoms with van der Waals surface area (Å²) in [5.74, 6) is 1.06. The quantitative estimate of drug-likeness (QED) is 0.646. The third kappa shape index (κ3) is 4.00. The highest BCUT2D eigenvalue weighted by Gasteiger charge is 2.23. The van der Waals surface area contributed by atoms with Crippen molar-refractivity contribution in [1.29, 1.82) is 0 Å². The van der Waals surface area contributed by atoms with Crippen molar-refractivity contribution in [1.82, 2.24) is 5.32 Å². The van der Waals surface area contributed by atoms with Crippen LogP contribution in [0.5, 0.6) is 5.75 Å². The number of nitrogen functional groups attached to an aromatic ring is 1. The van der Waals surface area contributed by atoms with Crippen LogP contribution in [0.4, 0.5) is 5.69 Å². The van der Waals surface area contributed by atoms with Crippen LogP contribution >= 0.6 is 0 Å². The Hall–Kier alpha value is -1.97. The van der Waals surface area contributed by atoms with Gasteiger partial charge in [-0.15, -0.1) is 0 Å². The monoisotopic (exact) mass is 288 g/mol. The molecule has 3 N–H and O–H groups in total. The van der Waals surface area contributed by atoms with Gasteiger partial charge in [0.2, 0.25) is 0 Å². The summed E-state index contributed by atoms with van der Waals surface area (Å²) in [5.41, 5.74) is 6.97. The fourth-order valence-corrected chi connectivity index (χ4v) is 2.75. The number of carbonyl (C=O) groups excluding carboxylic acids is 1. The molecular weight excluding hydrogens is 264 g/mol. The number of anilines is 1. The number of carbonyl (C=O) groups is 1. The van der Waals surface area contributed by atoms with E-state index in [-0.39, 0.29) is 11.9 Å². The number of hydrogen-bond acceptors (Lipinski definition) is 3. The molecule has 0 aromatic heterocycles. The second-order valence-corrected chi connectivity index (χ2v) is 5.69. The minimum atomic E-state index is -0.0595. The molecule has 2 unspecified atom stereocenters. The van der Waals surface area contributed by atoms with E-state index in [0.29, 0.717) is 29.5 Å². The van der Waals surface area contributed by atoms with Crippen LogP contribution in [0.3, 0.4) is 0 Å². The number of benzene rings is 1. The van der Waals surface area contributed by atoms with E-state index >= 15 is 0 Å². The van der Waals surface area contributed by atoms with Gasteiger partial charge in [0.1, 0.15) is 12.4 Å². The number of amides is 1. The second kappa shape index (κ2) is 7.16. The van der Waals surface area contributed by atoms with Crippen LogP contribution in [0.15, 0.2) is 30.9 Å². The summed E-state index contributed by atoms with van der Waals surface area (Å²) in [6.07, 6.45) is 6.34. The van der Waals surface area contributed by atoms with Crippen molar-refractivity contribution in [3.8, 4) is 5.75 Å². The summed E-state index contributed by atoms with van der Waals surface area (Å²) < 4.78 is 5.41. The predicted molar refractivity (Wildman–Crippen MR) is 85.4 cm³/mol. The Bertz CT molecular complexity index is 514. The lowest BCUT2D eigenvalue weighted by molar-refractivity contribution is 0.0910. The molecule has 1 aliphatic rings. The Labute approximate surface area is 126 Å². The van der Waals surface area contributed by atoms with Gasteiger partial charge in [-0.3, -0.25) is 4.79 Å². The van der Waals surface area contributed by atoms with E-state index < -0.39 is 0 Å². The highest BCUT2D eigenvalue weighted by molar-refractivity contribution is 5.95. The van der Waals surface area contributed by atoms with Crippen molar-refractivity contribution in [2.24, 2.45) is 5.92 Å². The average Bonchev–Trinajstić information content (AvgIpc) is 2.48. The van der Waals surface area contributed by atoms with Crippen molar-refractivity contribution in [2.45, 2.75) is 38.6 Å². The molecule has 1 fully saturated rings. The lowest BCUT2D eigenvalue weighted by Gasteiger charge is -2.29. The maximum absolute atomic E-state index is 12.3. The first kappa shape index (κ1) is 15.4. The van der Waals surface area contributed by atoms with Crippen LogP contribution in [0, 0.1) is 5.92 Å². The van der Waals surface area contributed by atoms with E-state index in [2.05, 4.69) is 18.8 Å². The van der Waals surface area contributed by atoms with Gasteiger partial charge in [-0.2, -0.15) is 0 Å². The average molecular weight is 288 g/mol. The molecule has 1 saturated carbocycles. The van der Waals surface area contributed by atoms with Crippen molar-refractivity contribution in [2.75, 3.05) is 12.3 Å². The van der Waals surface area contributed by atoms with E-state index in [1.807, 2.05) is 0 Å². The summed E-state index contributed by atoms with van der Waals surface area (Å²) in [6.45, 7) is 6.19. The maximum Gasteiger partial charge on any atom is 0.251 e. The van der Waals surface area contributed by atoms with Crippen LogP contribution in [0.25, 0.3) is 0 Å². The third-order valence-electron chi connectivity index (χ3n) is 4.06. The predicted octanol–water partition coefficient (Wildman–Crippen LogP) is 3.14. The molecule has 1 aliphatic carbocycles. The van der Waals surface area contributed by atoms with Gasteiger partial charge in [0, 0.05) is 11.6 Å². The van der Waals surface area contributed by atoms with Gasteiger partial charge >= 0.3 is 0 Å². The van der Waals surface area contributed by atoms with Gasteiger partial charge in [0.15, 0.2) is 0 Å². The van der Waals surface area contributed by atoms with E-state index in [9.17, 15) is 4.79 Å². The number of ether oxygens (including phenoxy) is 1. The minimum Gasteiger partial charge on any atom is -0.487 e. The molecule has 114 valence electrons. The summed E-state index contributed by atoms with van der Waals surface area (Å²) in [6, 6.07) is 5.42. The lowest BCUT2D eigenvalue weighted by Crippen LogP contribution is -2.41. The minimum absolute atomic E-state index is 0.0595. The highest BCUT2D eigenvalue weighted by Crippen LogP contribution is 2.25. The van der Waals surface area contributed by atoms with Gasteiger partial charge in [0.05, 0.1) is 5.69 Å². The normalized spacial score (nSPS) is 21.6. The van der Waals surface area contributed by atoms with E-state index in [1.165, 1.54) is 19.3 Å². The summed E-state index contributed by atoms with van der Waals surface area (Å²) in [7, 11) is 0. The smallest absolute Gasteiger partial charge is 0.251 e. The van der Waals surface area contributed by atoms with Crippen molar-refractivity contribution in [3.63, 3.8) is 0 Å². The van der Waals surface area contributed by atoms with Gasteiger partial charge in [-0.1, -0.05) is 32.4 Å². The molecule has 1 aromatic carbocycles. The van der Waals surface area contributed by atoms with E-state index in [4.69, 9.17) is 10.5 Å². The Morgan fingerprint density at radius 1 is 1.48 bits per heavy atom. The third-order valence-corrected chi connectivity index (χ3v) is 4.06. The SMILES string of the molecule is C=CCOc1ccc(C(=O)NC2CCCCC2C)cc1N. The van der Waals surface area contributed by atoms with Crippen LogP contribution in [0.1, 0.15) is 43.0 Å². The first-order valence-corrected chi connectivity index (χ1v) is 7.56. The van der Waals surface area contributed by atoms with Crippen molar-refractivity contribution < 1.29 is 9.53 Å². The zero-order chi connectivity index (χ0) is 15.2. The second-order valence-electron chi connectivity index (χ2n) is 5.69. The van der Waals surface area contributed by atoms with E-state index in [1.54, 1.807) is 24.3 Å². The van der Waals surface area contributed by atoms with Crippen molar-refractivity contribution in [3.05, 3.63) is 36.4 Å². The summed E-state index contributed by atoms with van der Waals surface area (Å²) in [4.78, 5) is 12.3. The molecule has 0 saturated heterocycles. The zero-order valence-electron chi connectivity index (χ0n) is 12.6. The van der Waals surface area contributed by atoms with Crippen LogP contribution < -0.4 is 15.8 Å². The fourth-order valence-electron chi connectivity index (χ4n) is 2.75. The molecular formula is C17H24N2O2. The molecule has 1 amide bonds. The molecule has 4 nitrogen and oxygen atoms in total. The number of rotatable bonds is 5. The Morgan fingerprint density at radius 2 is 2.24 bits per heavy atom. The fraction of sp³-hybridized carbons (Fsp3) is 0.471. The maximum atomic E-state index is 12.3. The molecule has 21 heavy (non-hydrogen) atoms. The van der Waals surface area contributed by atoms with E-state index in [0.717, 1.165) is 6.42 Å². The lowest BCUT2D eigenvalue weighted by atomic mass is 9.86. The van der Waals surface area contributed by atoms with Gasteiger partial charge in [-0.05, 0) is 37.0 Å². The molecule has 0 spiro atoms. The first-order chi connectivity index (χ1) is 10.1. The molecule has 2 atom stereocenters. The summed E-state index contributed by atoms with van der Waals surface area (Å²) >= 11 is 0. The molecule has 2 rings (SSSR count). The molecule has 4 heteroatoms. The number of nitrogens with two attached hydrogens (primary N) is 1. The number of hydrogen-bond donors (Lipinski definition) is 2. The molecule has 0 aliphatic heterocycles. The Kier molecular flexibility index (Phi) is 5.26. The standard InChI is InChI=1S/C17H24N2O2/c1-3-10-21-16-9-8-13(11-14(16)18)17(20)19-15-7-5-4-6-12(15)2/h3,8-9,11-12,15H,1,4-7,10,18H2,2H3,(H,19,20). The van der Waals surface area contributed by atoms with Gasteiger partial charge in [0.25, 0.3) is 5.91 Å². The van der Waals surface area contributed by atoms with Crippen LogP contribution in [-0.4, -0.2) is 18.6 Å². The molecule has 0 radical (unpaired) electrons. The molecule has 0 bridgehead atoms. The molecule has 1 aromatic rings. The molecule has 0 heterocycles. The summed E-state index contributed by atoms with van der Waals surface area (Å²) in [5, 5.41) is 3.12. The largest absolute Gasteiger partial charge is 0.487 e. The van der Waals surface area contributed by atoms with Crippen LogP contribution in [0.2, 0.25) is 0 Å². The van der Waals surface area contributed by atoms with Gasteiger partial charge < -0.3 is 15.8 Å². The zero-order valence-corrected chi connectivity index (χ0v) is 12.6. The Morgan fingerprint density at radius 3 is 2.90 bits per heavy atom. The first-order valence-electron chi connectivity index (χ1n) is 7.56. The highest BCUT2D eigenvalue weighted by atomic mass is 16.5. The van der Waals surface area contributed by atoms with Crippen molar-refractivity contribution >= 4 is 11.6 Å². The Balaban J connectivity index is 2.02. The van der Waals surface area contributed by atoms with Crippen LogP contribution in [-0.2, 0) is 0 Å².